The van der Waals surface area contributed by atoms with Gasteiger partial charge < -0.3 is 11.1 Å². The average Bonchev–Trinajstić information content (AvgIpc) is 2.78. The topological polar surface area (TPSA) is 68.0 Å². The number of carbonyl (C=O) groups excluding carboxylic acids is 1. The smallest absolute Gasteiger partial charge is 0.231 e. The number of aryl methyl sites for hydroxylation is 1. The summed E-state index contributed by atoms with van der Waals surface area (Å²) in [5.41, 5.74) is 7.14. The third kappa shape index (κ3) is 4.06. The van der Waals surface area contributed by atoms with Crippen LogP contribution in [-0.4, -0.2) is 17.4 Å². The summed E-state index contributed by atoms with van der Waals surface area (Å²) in [4.78, 5) is 16.4. The fraction of sp³-hybridized carbons (Fsp3) is 0.538. The van der Waals surface area contributed by atoms with Crippen LogP contribution in [0.15, 0.2) is 18.3 Å². The number of hydrogen-bond acceptors (Lipinski definition) is 3. The number of nitrogens with one attached hydrogen (secondary N) is 1. The van der Waals surface area contributed by atoms with E-state index in [4.69, 9.17) is 5.73 Å². The van der Waals surface area contributed by atoms with Gasteiger partial charge in [-0.15, -0.1) is 24.8 Å². The van der Waals surface area contributed by atoms with E-state index in [-0.39, 0.29) is 36.1 Å². The van der Waals surface area contributed by atoms with Crippen LogP contribution in [0.25, 0.3) is 0 Å². The third-order valence-electron chi connectivity index (χ3n) is 3.59. The Bertz CT molecular complexity index is 420. The number of nitrogens with two attached hydrogens (primary N) is 1. The lowest BCUT2D eigenvalue weighted by molar-refractivity contribution is -0.124. The molecule has 3 N–H and O–H groups in total. The SMILES string of the molecule is Cc1cc(NC(=O)C2(CN)CCCC2)ccn1.Cl.Cl. The van der Waals surface area contributed by atoms with E-state index in [0.29, 0.717) is 6.54 Å². The molecule has 1 aromatic heterocycles. The first kappa shape index (κ1) is 18.2. The number of rotatable bonds is 3. The number of amides is 1. The van der Waals surface area contributed by atoms with Crippen LogP contribution in [0.2, 0.25) is 0 Å². The van der Waals surface area contributed by atoms with Gasteiger partial charge in [0, 0.05) is 24.1 Å². The van der Waals surface area contributed by atoms with Gasteiger partial charge in [-0.2, -0.15) is 0 Å². The summed E-state index contributed by atoms with van der Waals surface area (Å²) in [6.45, 7) is 2.34. The van der Waals surface area contributed by atoms with E-state index in [0.717, 1.165) is 37.1 Å². The standard InChI is InChI=1S/C13H19N3O.2ClH/c1-10-8-11(4-7-15-10)16-12(17)13(9-14)5-2-3-6-13;;/h4,7-8H,2-3,5-6,9,14H2,1H3,(H,15,16,17);2*1H. The molecular weight excluding hydrogens is 285 g/mol. The Balaban J connectivity index is 0.00000162. The van der Waals surface area contributed by atoms with E-state index in [1.807, 2.05) is 19.1 Å². The molecule has 1 aromatic rings. The maximum Gasteiger partial charge on any atom is 0.231 e. The van der Waals surface area contributed by atoms with E-state index in [1.54, 1.807) is 6.20 Å². The predicted octanol–water partition coefficient (Wildman–Crippen LogP) is 2.69. The Kier molecular flexibility index (Phi) is 7.34. The average molecular weight is 306 g/mol. The molecule has 0 aromatic carbocycles. The largest absolute Gasteiger partial charge is 0.329 e. The molecule has 1 amide bonds. The summed E-state index contributed by atoms with van der Waals surface area (Å²) in [7, 11) is 0. The van der Waals surface area contributed by atoms with Crippen molar-refractivity contribution in [3.8, 4) is 0 Å². The fourth-order valence-electron chi connectivity index (χ4n) is 2.46. The van der Waals surface area contributed by atoms with Crippen LogP contribution < -0.4 is 11.1 Å². The molecule has 0 unspecified atom stereocenters. The normalized spacial score (nSPS) is 16.1. The quantitative estimate of drug-likeness (QED) is 0.902. The zero-order valence-electron chi connectivity index (χ0n) is 11.0. The number of aromatic nitrogens is 1. The monoisotopic (exact) mass is 305 g/mol. The van der Waals surface area contributed by atoms with Crippen molar-refractivity contribution >= 4 is 36.4 Å². The lowest BCUT2D eigenvalue weighted by atomic mass is 9.85. The van der Waals surface area contributed by atoms with Crippen LogP contribution in [0, 0.1) is 12.3 Å². The molecule has 0 saturated heterocycles. The summed E-state index contributed by atoms with van der Waals surface area (Å²) in [6, 6.07) is 3.68. The number of anilines is 1. The first-order chi connectivity index (χ1) is 8.16. The molecule has 1 heterocycles. The van der Waals surface area contributed by atoms with Crippen LogP contribution >= 0.6 is 24.8 Å². The van der Waals surface area contributed by atoms with Gasteiger partial charge in [-0.1, -0.05) is 12.8 Å². The van der Waals surface area contributed by atoms with Crippen molar-refractivity contribution in [2.45, 2.75) is 32.6 Å². The van der Waals surface area contributed by atoms with Gasteiger partial charge in [-0.3, -0.25) is 9.78 Å². The second-order valence-electron chi connectivity index (χ2n) is 4.83. The van der Waals surface area contributed by atoms with Gasteiger partial charge in [0.05, 0.1) is 5.41 Å². The second-order valence-corrected chi connectivity index (χ2v) is 4.83. The molecule has 0 radical (unpaired) electrons. The lowest BCUT2D eigenvalue weighted by Crippen LogP contribution is -2.40. The van der Waals surface area contributed by atoms with Crippen LogP contribution in [0.4, 0.5) is 5.69 Å². The molecule has 108 valence electrons. The van der Waals surface area contributed by atoms with E-state index in [1.165, 1.54) is 0 Å². The Morgan fingerprint density at radius 2 is 2.05 bits per heavy atom. The molecule has 19 heavy (non-hydrogen) atoms. The Morgan fingerprint density at radius 1 is 1.42 bits per heavy atom. The van der Waals surface area contributed by atoms with Crippen LogP contribution in [0.3, 0.4) is 0 Å². The number of nitrogens with zero attached hydrogens (tertiary/aromatic N) is 1. The minimum absolute atomic E-state index is 0. The first-order valence-corrected chi connectivity index (χ1v) is 6.10. The Morgan fingerprint density at radius 3 is 2.58 bits per heavy atom. The van der Waals surface area contributed by atoms with Gasteiger partial charge in [-0.25, -0.2) is 0 Å². The van der Waals surface area contributed by atoms with Crippen molar-refractivity contribution in [2.75, 3.05) is 11.9 Å². The molecule has 0 aliphatic heterocycles. The molecule has 4 nitrogen and oxygen atoms in total. The second kappa shape index (κ2) is 7.68. The van der Waals surface area contributed by atoms with E-state index < -0.39 is 0 Å². The maximum absolute atomic E-state index is 12.3. The summed E-state index contributed by atoms with van der Waals surface area (Å²) >= 11 is 0. The zero-order valence-corrected chi connectivity index (χ0v) is 12.6. The van der Waals surface area contributed by atoms with Crippen molar-refractivity contribution in [1.82, 2.24) is 4.98 Å². The van der Waals surface area contributed by atoms with E-state index in [2.05, 4.69) is 10.3 Å². The minimum Gasteiger partial charge on any atom is -0.329 e. The molecule has 0 bridgehead atoms. The Hall–Kier alpha value is -0.840. The van der Waals surface area contributed by atoms with Crippen LogP contribution in [0.5, 0.6) is 0 Å². The fourth-order valence-corrected chi connectivity index (χ4v) is 2.46. The number of hydrogen-bond donors (Lipinski definition) is 2. The molecule has 1 saturated carbocycles. The first-order valence-electron chi connectivity index (χ1n) is 6.10. The molecule has 0 spiro atoms. The third-order valence-corrected chi connectivity index (χ3v) is 3.59. The van der Waals surface area contributed by atoms with Crippen LogP contribution in [-0.2, 0) is 4.79 Å². The highest BCUT2D eigenvalue weighted by atomic mass is 35.5. The number of pyridine rings is 1. The molecule has 0 atom stereocenters. The van der Waals surface area contributed by atoms with Gasteiger partial charge in [-0.05, 0) is 31.9 Å². The zero-order chi connectivity index (χ0) is 12.3. The van der Waals surface area contributed by atoms with E-state index in [9.17, 15) is 4.79 Å². The number of carbonyl (C=O) groups is 1. The lowest BCUT2D eigenvalue weighted by Gasteiger charge is -2.25. The molecule has 1 aliphatic rings. The van der Waals surface area contributed by atoms with Crippen molar-refractivity contribution in [2.24, 2.45) is 11.1 Å². The highest BCUT2D eigenvalue weighted by Crippen LogP contribution is 2.38. The van der Waals surface area contributed by atoms with Gasteiger partial charge in [0.1, 0.15) is 0 Å². The minimum atomic E-state index is -0.350. The summed E-state index contributed by atoms with van der Waals surface area (Å²) < 4.78 is 0. The molecular formula is C13H21Cl2N3O. The van der Waals surface area contributed by atoms with Crippen molar-refractivity contribution in [3.63, 3.8) is 0 Å². The van der Waals surface area contributed by atoms with Gasteiger partial charge in [0.15, 0.2) is 0 Å². The summed E-state index contributed by atoms with van der Waals surface area (Å²) in [5, 5.41) is 2.96. The van der Waals surface area contributed by atoms with E-state index >= 15 is 0 Å². The summed E-state index contributed by atoms with van der Waals surface area (Å²) in [5.74, 6) is 0.0584. The molecule has 1 fully saturated rings. The van der Waals surface area contributed by atoms with Gasteiger partial charge in [0.25, 0.3) is 0 Å². The van der Waals surface area contributed by atoms with Gasteiger partial charge >= 0.3 is 0 Å². The maximum atomic E-state index is 12.3. The molecule has 1 aliphatic carbocycles. The molecule has 6 heteroatoms. The Labute approximate surface area is 126 Å². The highest BCUT2D eigenvalue weighted by Gasteiger charge is 2.39. The summed E-state index contributed by atoms with van der Waals surface area (Å²) in [6.07, 6.45) is 5.70. The molecule has 2 rings (SSSR count). The van der Waals surface area contributed by atoms with Crippen molar-refractivity contribution in [3.05, 3.63) is 24.0 Å². The highest BCUT2D eigenvalue weighted by molar-refractivity contribution is 5.95. The van der Waals surface area contributed by atoms with Crippen molar-refractivity contribution < 1.29 is 4.79 Å². The van der Waals surface area contributed by atoms with Crippen LogP contribution in [0.1, 0.15) is 31.4 Å². The van der Waals surface area contributed by atoms with Gasteiger partial charge in [0.2, 0.25) is 5.91 Å². The number of halogens is 2. The van der Waals surface area contributed by atoms with Crippen molar-refractivity contribution in [1.29, 1.82) is 0 Å². The predicted molar refractivity (Wildman–Crippen MR) is 82.1 cm³/mol.